The van der Waals surface area contributed by atoms with Crippen molar-refractivity contribution < 1.29 is 0 Å². The summed E-state index contributed by atoms with van der Waals surface area (Å²) in [6, 6.07) is 4.77. The van der Waals surface area contributed by atoms with Crippen LogP contribution in [0.15, 0.2) is 18.3 Å². The van der Waals surface area contributed by atoms with Crippen LogP contribution in [0.3, 0.4) is 0 Å². The summed E-state index contributed by atoms with van der Waals surface area (Å²) in [5, 5.41) is 3.61. The molecule has 0 saturated carbocycles. The Labute approximate surface area is 127 Å². The minimum atomic E-state index is 0.374. The van der Waals surface area contributed by atoms with Crippen LogP contribution < -0.4 is 5.32 Å². The molecule has 0 fully saturated rings. The van der Waals surface area contributed by atoms with Crippen LogP contribution in [0.5, 0.6) is 0 Å². The van der Waals surface area contributed by atoms with E-state index in [1.807, 2.05) is 11.3 Å². The normalized spacial score (nSPS) is 13.2. The van der Waals surface area contributed by atoms with Crippen LogP contribution in [0.1, 0.15) is 39.0 Å². The molecule has 3 aromatic heterocycles. The second-order valence-corrected chi connectivity index (χ2v) is 7.72. The Kier molecular flexibility index (Phi) is 3.67. The Bertz CT molecular complexity index is 736. The topological polar surface area (TPSA) is 29.3 Å². The van der Waals surface area contributed by atoms with Crippen molar-refractivity contribution in [1.29, 1.82) is 0 Å². The van der Waals surface area contributed by atoms with E-state index in [9.17, 15) is 0 Å². The summed E-state index contributed by atoms with van der Waals surface area (Å²) >= 11 is 3.61. The zero-order valence-corrected chi connectivity index (χ0v) is 13.9. The molecule has 0 aliphatic heterocycles. The van der Waals surface area contributed by atoms with Crippen molar-refractivity contribution in [1.82, 2.24) is 14.7 Å². The molecule has 3 aromatic rings. The van der Waals surface area contributed by atoms with Gasteiger partial charge >= 0.3 is 0 Å². The summed E-state index contributed by atoms with van der Waals surface area (Å²) in [6.07, 6.45) is 2.18. The third-order valence-electron chi connectivity index (χ3n) is 3.50. The van der Waals surface area contributed by atoms with Gasteiger partial charge in [-0.3, -0.25) is 4.40 Å². The van der Waals surface area contributed by atoms with Crippen LogP contribution in [-0.4, -0.2) is 9.38 Å². The van der Waals surface area contributed by atoms with E-state index in [-0.39, 0.29) is 0 Å². The molecule has 3 heterocycles. The number of nitrogens with zero attached hydrogens (tertiary/aromatic N) is 2. The van der Waals surface area contributed by atoms with Gasteiger partial charge in [0, 0.05) is 33.4 Å². The van der Waals surface area contributed by atoms with Crippen LogP contribution >= 0.6 is 22.7 Å². The fourth-order valence-electron chi connectivity index (χ4n) is 2.36. The molecule has 0 aliphatic rings. The predicted octanol–water partition coefficient (Wildman–Crippen LogP) is 4.23. The van der Waals surface area contributed by atoms with E-state index in [1.165, 1.54) is 20.3 Å². The highest BCUT2D eigenvalue weighted by atomic mass is 32.1. The van der Waals surface area contributed by atoms with Crippen LogP contribution in [0.4, 0.5) is 0 Å². The van der Waals surface area contributed by atoms with E-state index in [1.54, 1.807) is 11.3 Å². The highest BCUT2D eigenvalue weighted by Crippen LogP contribution is 2.24. The van der Waals surface area contributed by atoms with E-state index in [2.05, 4.69) is 60.7 Å². The molecular weight excluding hydrogens is 286 g/mol. The van der Waals surface area contributed by atoms with Gasteiger partial charge in [-0.1, -0.05) is 0 Å². The lowest BCUT2D eigenvalue weighted by Crippen LogP contribution is -2.18. The van der Waals surface area contributed by atoms with Crippen molar-refractivity contribution >= 4 is 27.6 Å². The van der Waals surface area contributed by atoms with E-state index >= 15 is 0 Å². The van der Waals surface area contributed by atoms with Crippen molar-refractivity contribution in [3.63, 3.8) is 0 Å². The number of rotatable bonds is 4. The summed E-state index contributed by atoms with van der Waals surface area (Å²) in [4.78, 5) is 9.79. The molecule has 5 heteroatoms. The number of thiophene rings is 1. The molecule has 20 heavy (non-hydrogen) atoms. The number of aromatic nitrogens is 2. The van der Waals surface area contributed by atoms with Crippen LogP contribution in [-0.2, 0) is 6.54 Å². The first-order valence-electron chi connectivity index (χ1n) is 6.78. The van der Waals surface area contributed by atoms with E-state index < -0.39 is 0 Å². The zero-order valence-electron chi connectivity index (χ0n) is 12.2. The number of thiazole rings is 1. The molecule has 3 nitrogen and oxygen atoms in total. The Morgan fingerprint density at radius 3 is 2.70 bits per heavy atom. The molecule has 106 valence electrons. The Morgan fingerprint density at radius 1 is 1.20 bits per heavy atom. The van der Waals surface area contributed by atoms with E-state index in [4.69, 9.17) is 0 Å². The largest absolute Gasteiger partial charge is 0.304 e. The second kappa shape index (κ2) is 5.31. The minimum absolute atomic E-state index is 0.374. The third-order valence-corrected chi connectivity index (χ3v) is 5.59. The van der Waals surface area contributed by atoms with Gasteiger partial charge in [0.2, 0.25) is 0 Å². The van der Waals surface area contributed by atoms with Crippen LogP contribution in [0, 0.1) is 20.8 Å². The first-order chi connectivity index (χ1) is 9.54. The highest BCUT2D eigenvalue weighted by molar-refractivity contribution is 7.17. The summed E-state index contributed by atoms with van der Waals surface area (Å²) in [6.45, 7) is 9.44. The molecule has 3 rings (SSSR count). The predicted molar refractivity (Wildman–Crippen MR) is 86.9 cm³/mol. The Hall–Kier alpha value is -1.17. The zero-order chi connectivity index (χ0) is 14.3. The van der Waals surface area contributed by atoms with Crippen molar-refractivity contribution in [2.75, 3.05) is 0 Å². The van der Waals surface area contributed by atoms with Gasteiger partial charge in [0.15, 0.2) is 4.96 Å². The van der Waals surface area contributed by atoms with Gasteiger partial charge < -0.3 is 5.32 Å². The first kappa shape index (κ1) is 13.8. The SMILES string of the molecule is Cc1ccc(C(C)NCc2c(C)nc3sc(C)cn23)s1. The van der Waals surface area contributed by atoms with Gasteiger partial charge in [0.1, 0.15) is 0 Å². The fourth-order valence-corrected chi connectivity index (χ4v) is 4.15. The molecule has 0 amide bonds. The molecule has 0 aliphatic carbocycles. The lowest BCUT2D eigenvalue weighted by molar-refractivity contribution is 0.572. The third kappa shape index (κ3) is 2.53. The smallest absolute Gasteiger partial charge is 0.194 e. The van der Waals surface area contributed by atoms with E-state index in [0.717, 1.165) is 17.2 Å². The number of nitrogens with one attached hydrogen (secondary N) is 1. The molecule has 0 radical (unpaired) electrons. The number of fused-ring (bicyclic) bond motifs is 1. The molecule has 0 spiro atoms. The summed E-state index contributed by atoms with van der Waals surface area (Å²) in [7, 11) is 0. The quantitative estimate of drug-likeness (QED) is 0.781. The van der Waals surface area contributed by atoms with Crippen molar-refractivity contribution in [2.24, 2.45) is 0 Å². The maximum Gasteiger partial charge on any atom is 0.194 e. The molecular formula is C15H19N3S2. The van der Waals surface area contributed by atoms with Crippen LogP contribution in [0.2, 0.25) is 0 Å². The number of hydrogen-bond acceptors (Lipinski definition) is 4. The van der Waals surface area contributed by atoms with Gasteiger partial charge in [-0.15, -0.1) is 22.7 Å². The maximum absolute atomic E-state index is 4.63. The van der Waals surface area contributed by atoms with Crippen molar-refractivity contribution in [2.45, 2.75) is 40.3 Å². The summed E-state index contributed by atoms with van der Waals surface area (Å²) < 4.78 is 2.22. The lowest BCUT2D eigenvalue weighted by Gasteiger charge is -2.12. The Balaban J connectivity index is 1.78. The average molecular weight is 305 g/mol. The van der Waals surface area contributed by atoms with Crippen LogP contribution in [0.25, 0.3) is 4.96 Å². The van der Waals surface area contributed by atoms with Crippen molar-refractivity contribution in [3.8, 4) is 0 Å². The monoisotopic (exact) mass is 305 g/mol. The fraction of sp³-hybridized carbons (Fsp3) is 0.400. The molecule has 1 atom stereocenters. The number of aryl methyl sites for hydroxylation is 3. The summed E-state index contributed by atoms with van der Waals surface area (Å²) in [5.41, 5.74) is 2.39. The average Bonchev–Trinajstić information content (AvgIpc) is 3.02. The number of hydrogen-bond donors (Lipinski definition) is 1. The van der Waals surface area contributed by atoms with Gasteiger partial charge in [-0.25, -0.2) is 4.98 Å². The van der Waals surface area contributed by atoms with Gasteiger partial charge in [-0.2, -0.15) is 0 Å². The lowest BCUT2D eigenvalue weighted by atomic mass is 10.2. The highest BCUT2D eigenvalue weighted by Gasteiger charge is 2.13. The first-order valence-corrected chi connectivity index (χ1v) is 8.41. The van der Waals surface area contributed by atoms with E-state index in [0.29, 0.717) is 6.04 Å². The molecule has 0 saturated heterocycles. The molecule has 0 aromatic carbocycles. The molecule has 1 unspecified atom stereocenters. The molecule has 0 bridgehead atoms. The van der Waals surface area contributed by atoms with Gasteiger partial charge in [0.05, 0.1) is 11.4 Å². The van der Waals surface area contributed by atoms with Gasteiger partial charge in [-0.05, 0) is 39.8 Å². The standard InChI is InChI=1S/C15H19N3S2/c1-9-5-6-14(19-9)12(4)16-7-13-11(3)17-15-18(13)8-10(2)20-15/h5-6,8,12,16H,7H2,1-4H3. The second-order valence-electron chi connectivity index (χ2n) is 5.19. The maximum atomic E-state index is 4.63. The number of imidazole rings is 1. The minimum Gasteiger partial charge on any atom is -0.304 e. The van der Waals surface area contributed by atoms with Crippen molar-refractivity contribution in [3.05, 3.63) is 44.3 Å². The molecule has 1 N–H and O–H groups in total. The Morgan fingerprint density at radius 2 is 2.00 bits per heavy atom. The summed E-state index contributed by atoms with van der Waals surface area (Å²) in [5.74, 6) is 0. The van der Waals surface area contributed by atoms with Gasteiger partial charge in [0.25, 0.3) is 0 Å².